The zero-order valence-electron chi connectivity index (χ0n) is 7.85. The van der Waals surface area contributed by atoms with Gasteiger partial charge in [0, 0.05) is 7.05 Å². The van der Waals surface area contributed by atoms with E-state index in [1.54, 1.807) is 17.8 Å². The van der Waals surface area contributed by atoms with Crippen molar-refractivity contribution < 1.29 is 9.90 Å². The summed E-state index contributed by atoms with van der Waals surface area (Å²) in [5.41, 5.74) is 2.27. The van der Waals surface area contributed by atoms with Crippen molar-refractivity contribution in [2.24, 2.45) is 7.05 Å². The highest BCUT2D eigenvalue weighted by Crippen LogP contribution is 2.17. The summed E-state index contributed by atoms with van der Waals surface area (Å²) in [4.78, 5) is 10.9. The second kappa shape index (κ2) is 2.80. The zero-order valence-corrected chi connectivity index (χ0v) is 7.85. The number of carboxylic acids is 1. The first-order valence-corrected chi connectivity index (χ1v) is 4.13. The average molecular weight is 191 g/mol. The van der Waals surface area contributed by atoms with Gasteiger partial charge in [0.25, 0.3) is 0 Å². The summed E-state index contributed by atoms with van der Waals surface area (Å²) in [5.74, 6) is -0.973. The topological polar surface area (TPSA) is 68.0 Å². The van der Waals surface area contributed by atoms with Crippen LogP contribution in [0.15, 0.2) is 12.1 Å². The Morgan fingerprint density at radius 3 is 2.86 bits per heavy atom. The summed E-state index contributed by atoms with van der Waals surface area (Å²) in [5, 5.41) is 16.5. The highest BCUT2D eigenvalue weighted by molar-refractivity contribution is 6.01. The minimum absolute atomic E-state index is 0.202. The average Bonchev–Trinajstić information content (AvgIpc) is 2.47. The summed E-state index contributed by atoms with van der Waals surface area (Å²) >= 11 is 0. The lowest BCUT2D eigenvalue weighted by Gasteiger charge is -1.98. The summed E-state index contributed by atoms with van der Waals surface area (Å²) in [6.07, 6.45) is 0. The number of benzene rings is 1. The Morgan fingerprint density at radius 2 is 2.21 bits per heavy atom. The molecule has 0 radical (unpaired) electrons. The van der Waals surface area contributed by atoms with Gasteiger partial charge in [-0.2, -0.15) is 0 Å². The molecule has 1 heterocycles. The number of hydrogen-bond acceptors (Lipinski definition) is 3. The lowest BCUT2D eigenvalue weighted by Crippen LogP contribution is -1.98. The molecule has 0 amide bonds. The fourth-order valence-corrected chi connectivity index (χ4v) is 1.43. The third kappa shape index (κ3) is 1.14. The SMILES string of the molecule is Cc1cc(C(=O)O)c2nnn(C)c2c1. The number of carboxylic acid groups (broad SMARTS) is 1. The molecule has 1 aromatic heterocycles. The maximum absolute atomic E-state index is 10.9. The van der Waals surface area contributed by atoms with Crippen molar-refractivity contribution in [3.05, 3.63) is 23.3 Å². The first kappa shape index (κ1) is 8.68. The molecule has 1 aromatic carbocycles. The summed E-state index contributed by atoms with van der Waals surface area (Å²) in [6, 6.07) is 3.46. The maximum Gasteiger partial charge on any atom is 0.338 e. The molecule has 72 valence electrons. The summed E-state index contributed by atoms with van der Waals surface area (Å²) < 4.78 is 1.56. The lowest BCUT2D eigenvalue weighted by molar-refractivity contribution is 0.0698. The normalized spacial score (nSPS) is 10.7. The lowest BCUT2D eigenvalue weighted by atomic mass is 10.1. The van der Waals surface area contributed by atoms with Gasteiger partial charge in [0.1, 0.15) is 5.52 Å². The van der Waals surface area contributed by atoms with Crippen LogP contribution in [0.5, 0.6) is 0 Å². The third-order valence-corrected chi connectivity index (χ3v) is 2.09. The van der Waals surface area contributed by atoms with Crippen LogP contribution in [0.25, 0.3) is 11.0 Å². The Hall–Kier alpha value is -1.91. The van der Waals surface area contributed by atoms with Crippen molar-refractivity contribution in [1.29, 1.82) is 0 Å². The molecule has 0 aliphatic carbocycles. The number of rotatable bonds is 1. The van der Waals surface area contributed by atoms with E-state index in [-0.39, 0.29) is 5.56 Å². The summed E-state index contributed by atoms with van der Waals surface area (Å²) in [7, 11) is 1.74. The number of aryl methyl sites for hydroxylation is 2. The third-order valence-electron chi connectivity index (χ3n) is 2.09. The van der Waals surface area contributed by atoms with Crippen molar-refractivity contribution in [2.75, 3.05) is 0 Å². The monoisotopic (exact) mass is 191 g/mol. The molecule has 0 fully saturated rings. The summed E-state index contributed by atoms with van der Waals surface area (Å²) in [6.45, 7) is 1.85. The van der Waals surface area contributed by atoms with E-state index in [1.165, 1.54) is 0 Å². The molecule has 0 saturated carbocycles. The molecule has 5 heteroatoms. The Balaban J connectivity index is 2.88. The van der Waals surface area contributed by atoms with Crippen LogP contribution in [0.4, 0.5) is 0 Å². The Morgan fingerprint density at radius 1 is 1.50 bits per heavy atom. The number of carbonyl (C=O) groups is 1. The van der Waals surface area contributed by atoms with E-state index in [0.29, 0.717) is 5.52 Å². The second-order valence-electron chi connectivity index (χ2n) is 3.20. The molecular weight excluding hydrogens is 182 g/mol. The number of hydrogen-bond donors (Lipinski definition) is 1. The molecule has 0 saturated heterocycles. The highest BCUT2D eigenvalue weighted by Gasteiger charge is 2.13. The molecule has 2 aromatic rings. The largest absolute Gasteiger partial charge is 0.478 e. The van der Waals surface area contributed by atoms with Crippen LogP contribution in [-0.4, -0.2) is 26.1 Å². The fourth-order valence-electron chi connectivity index (χ4n) is 1.43. The van der Waals surface area contributed by atoms with Gasteiger partial charge < -0.3 is 5.11 Å². The molecular formula is C9H9N3O2. The van der Waals surface area contributed by atoms with E-state index in [4.69, 9.17) is 5.11 Å². The first-order valence-electron chi connectivity index (χ1n) is 4.13. The first-order chi connectivity index (χ1) is 6.59. The van der Waals surface area contributed by atoms with E-state index < -0.39 is 5.97 Å². The van der Waals surface area contributed by atoms with Gasteiger partial charge in [-0.05, 0) is 24.6 Å². The highest BCUT2D eigenvalue weighted by atomic mass is 16.4. The van der Waals surface area contributed by atoms with Crippen molar-refractivity contribution in [2.45, 2.75) is 6.92 Å². The van der Waals surface area contributed by atoms with E-state index in [1.807, 2.05) is 13.0 Å². The Kier molecular flexibility index (Phi) is 1.73. The minimum atomic E-state index is -0.973. The quantitative estimate of drug-likeness (QED) is 0.729. The Bertz CT molecular complexity index is 516. The molecule has 5 nitrogen and oxygen atoms in total. The van der Waals surface area contributed by atoms with Gasteiger partial charge in [0.15, 0.2) is 0 Å². The molecule has 0 spiro atoms. The molecule has 1 N–H and O–H groups in total. The van der Waals surface area contributed by atoms with Gasteiger partial charge in [0.2, 0.25) is 0 Å². The van der Waals surface area contributed by atoms with Crippen molar-refractivity contribution >= 4 is 17.0 Å². The van der Waals surface area contributed by atoms with Crippen LogP contribution >= 0.6 is 0 Å². The van der Waals surface area contributed by atoms with E-state index in [2.05, 4.69) is 10.3 Å². The van der Waals surface area contributed by atoms with Gasteiger partial charge in [-0.15, -0.1) is 5.10 Å². The molecule has 0 aliphatic rings. The van der Waals surface area contributed by atoms with E-state index >= 15 is 0 Å². The van der Waals surface area contributed by atoms with Crippen LogP contribution < -0.4 is 0 Å². The molecule has 0 atom stereocenters. The smallest absolute Gasteiger partial charge is 0.338 e. The van der Waals surface area contributed by atoms with Gasteiger partial charge in [-0.25, -0.2) is 9.48 Å². The number of nitrogens with zero attached hydrogens (tertiary/aromatic N) is 3. The molecule has 14 heavy (non-hydrogen) atoms. The fraction of sp³-hybridized carbons (Fsp3) is 0.222. The van der Waals surface area contributed by atoms with E-state index in [9.17, 15) is 4.79 Å². The van der Waals surface area contributed by atoms with Gasteiger partial charge >= 0.3 is 5.97 Å². The van der Waals surface area contributed by atoms with Crippen LogP contribution in [0.3, 0.4) is 0 Å². The molecule has 2 rings (SSSR count). The van der Waals surface area contributed by atoms with Gasteiger partial charge in [-0.1, -0.05) is 5.21 Å². The van der Waals surface area contributed by atoms with E-state index in [0.717, 1.165) is 11.1 Å². The second-order valence-corrected chi connectivity index (χ2v) is 3.20. The van der Waals surface area contributed by atoms with Crippen molar-refractivity contribution in [3.63, 3.8) is 0 Å². The Labute approximate surface area is 80.0 Å². The number of aromatic carboxylic acids is 1. The molecule has 0 bridgehead atoms. The minimum Gasteiger partial charge on any atom is -0.478 e. The van der Waals surface area contributed by atoms with Gasteiger partial charge in [0.05, 0.1) is 11.1 Å². The molecule has 0 unspecified atom stereocenters. The predicted molar refractivity (Wildman–Crippen MR) is 50.2 cm³/mol. The van der Waals surface area contributed by atoms with Crippen molar-refractivity contribution in [3.8, 4) is 0 Å². The maximum atomic E-state index is 10.9. The van der Waals surface area contributed by atoms with Crippen LogP contribution in [-0.2, 0) is 7.05 Å². The number of fused-ring (bicyclic) bond motifs is 1. The van der Waals surface area contributed by atoms with Gasteiger partial charge in [-0.3, -0.25) is 0 Å². The van der Waals surface area contributed by atoms with Crippen LogP contribution in [0.1, 0.15) is 15.9 Å². The standard InChI is InChI=1S/C9H9N3O2/c1-5-3-6(9(13)14)8-7(4-5)12(2)11-10-8/h3-4H,1-2H3,(H,13,14). The molecule has 0 aliphatic heterocycles. The van der Waals surface area contributed by atoms with Crippen molar-refractivity contribution in [1.82, 2.24) is 15.0 Å². The van der Waals surface area contributed by atoms with Crippen LogP contribution in [0, 0.1) is 6.92 Å². The predicted octanol–water partition coefficient (Wildman–Crippen LogP) is 0.975. The zero-order chi connectivity index (χ0) is 10.3. The van der Waals surface area contributed by atoms with Crippen LogP contribution in [0.2, 0.25) is 0 Å². The number of aromatic nitrogens is 3.